The van der Waals surface area contributed by atoms with Gasteiger partial charge < -0.3 is 15.7 Å². The summed E-state index contributed by atoms with van der Waals surface area (Å²) in [4.78, 5) is 17.0. The lowest BCUT2D eigenvalue weighted by Crippen LogP contribution is -2.18. The third kappa shape index (κ3) is 4.38. The smallest absolute Gasteiger partial charge is 0.241 e. The van der Waals surface area contributed by atoms with Gasteiger partial charge in [0, 0.05) is 32.1 Å². The molecule has 0 aliphatic rings. The lowest BCUT2D eigenvalue weighted by Gasteiger charge is -2.12. The minimum Gasteiger partial charge on any atom is -0.396 e. The lowest BCUT2D eigenvalue weighted by molar-refractivity contribution is 0.244. The van der Waals surface area contributed by atoms with Crippen molar-refractivity contribution in [3.63, 3.8) is 0 Å². The second-order valence-corrected chi connectivity index (χ2v) is 4.85. The summed E-state index contributed by atoms with van der Waals surface area (Å²) in [5, 5.41) is 15.3. The van der Waals surface area contributed by atoms with Gasteiger partial charge in [0.15, 0.2) is 0 Å². The van der Waals surface area contributed by atoms with E-state index in [-0.39, 0.29) is 12.5 Å². The fraction of sp³-hybridized carbons (Fsp3) is 0.538. The van der Waals surface area contributed by atoms with Crippen LogP contribution in [0.2, 0.25) is 0 Å². The van der Waals surface area contributed by atoms with Crippen LogP contribution in [0, 0.1) is 5.92 Å². The summed E-state index contributed by atoms with van der Waals surface area (Å²) in [5.74, 6) is 1.63. The van der Waals surface area contributed by atoms with Gasteiger partial charge in [0.2, 0.25) is 17.8 Å². The molecule has 2 aromatic heterocycles. The van der Waals surface area contributed by atoms with Gasteiger partial charge in [-0.1, -0.05) is 13.8 Å². The highest BCUT2D eigenvalue weighted by molar-refractivity contribution is 5.38. The van der Waals surface area contributed by atoms with Gasteiger partial charge in [0.1, 0.15) is 6.33 Å². The zero-order valence-corrected chi connectivity index (χ0v) is 12.3. The van der Waals surface area contributed by atoms with Crippen LogP contribution >= 0.6 is 0 Å². The van der Waals surface area contributed by atoms with Crippen molar-refractivity contribution in [1.29, 1.82) is 0 Å². The van der Waals surface area contributed by atoms with E-state index in [0.717, 1.165) is 13.0 Å². The molecule has 0 amide bonds. The molecule has 3 N–H and O–H groups in total. The number of imidazole rings is 1. The van der Waals surface area contributed by atoms with Crippen molar-refractivity contribution < 1.29 is 5.11 Å². The summed E-state index contributed by atoms with van der Waals surface area (Å²) in [6.07, 6.45) is 6.07. The molecule has 114 valence electrons. The summed E-state index contributed by atoms with van der Waals surface area (Å²) in [5.41, 5.74) is 0. The molecule has 2 heterocycles. The third-order valence-corrected chi connectivity index (χ3v) is 2.81. The van der Waals surface area contributed by atoms with E-state index in [4.69, 9.17) is 5.11 Å². The number of aromatic nitrogens is 5. The van der Waals surface area contributed by atoms with E-state index in [9.17, 15) is 0 Å². The molecule has 1 unspecified atom stereocenters. The number of hydrogen-bond acceptors (Lipinski definition) is 7. The number of anilines is 2. The van der Waals surface area contributed by atoms with Crippen LogP contribution in [-0.2, 0) is 0 Å². The maximum atomic E-state index is 9.07. The number of aliphatic hydroxyl groups excluding tert-OH is 1. The van der Waals surface area contributed by atoms with Gasteiger partial charge >= 0.3 is 0 Å². The van der Waals surface area contributed by atoms with Crippen molar-refractivity contribution in [3.8, 4) is 5.95 Å². The quantitative estimate of drug-likeness (QED) is 0.664. The predicted molar refractivity (Wildman–Crippen MR) is 80.5 cm³/mol. The average molecular weight is 291 g/mol. The molecule has 21 heavy (non-hydrogen) atoms. The van der Waals surface area contributed by atoms with Crippen molar-refractivity contribution in [2.75, 3.05) is 30.3 Å². The Morgan fingerprint density at radius 2 is 2.00 bits per heavy atom. The van der Waals surface area contributed by atoms with Crippen molar-refractivity contribution >= 4 is 11.9 Å². The largest absolute Gasteiger partial charge is 0.396 e. The first kappa shape index (κ1) is 15.2. The summed E-state index contributed by atoms with van der Waals surface area (Å²) in [6.45, 7) is 5.53. The molecule has 0 aliphatic carbocycles. The van der Waals surface area contributed by atoms with Gasteiger partial charge in [0.25, 0.3) is 0 Å². The fourth-order valence-electron chi connectivity index (χ4n) is 1.58. The minimum absolute atomic E-state index is 0.118. The highest BCUT2D eigenvalue weighted by Crippen LogP contribution is 2.10. The summed E-state index contributed by atoms with van der Waals surface area (Å²) < 4.78 is 1.72. The molecule has 2 aromatic rings. The van der Waals surface area contributed by atoms with Crippen LogP contribution in [0.15, 0.2) is 18.7 Å². The van der Waals surface area contributed by atoms with Crippen LogP contribution in [0.4, 0.5) is 11.9 Å². The van der Waals surface area contributed by atoms with Crippen LogP contribution in [-0.4, -0.2) is 49.3 Å². The van der Waals surface area contributed by atoms with E-state index in [1.54, 1.807) is 23.3 Å². The van der Waals surface area contributed by atoms with Crippen LogP contribution in [0.5, 0.6) is 0 Å². The standard InChI is InChI=1S/C13H21N7O/c1-3-4-15-11-17-12(16-7-10(2)8-21)19-13(18-11)20-6-5-14-9-20/h5-6,9-10,21H,3-4,7-8H2,1-2H3,(H2,15,16,17,18,19). The first-order valence-electron chi connectivity index (χ1n) is 7.06. The average Bonchev–Trinajstić information content (AvgIpc) is 3.04. The molecule has 8 heteroatoms. The predicted octanol–water partition coefficient (Wildman–Crippen LogP) is 0.919. The fourth-order valence-corrected chi connectivity index (χ4v) is 1.58. The maximum Gasteiger partial charge on any atom is 0.241 e. The molecule has 0 saturated carbocycles. The highest BCUT2D eigenvalue weighted by Gasteiger charge is 2.08. The first-order valence-corrected chi connectivity index (χ1v) is 7.06. The molecule has 1 atom stereocenters. The van der Waals surface area contributed by atoms with E-state index in [2.05, 4.69) is 37.5 Å². The van der Waals surface area contributed by atoms with Gasteiger partial charge in [0.05, 0.1) is 0 Å². The zero-order valence-electron chi connectivity index (χ0n) is 12.3. The summed E-state index contributed by atoms with van der Waals surface area (Å²) >= 11 is 0. The molecular formula is C13H21N7O. The molecule has 0 fully saturated rings. The molecule has 8 nitrogen and oxygen atoms in total. The normalized spacial score (nSPS) is 12.1. The monoisotopic (exact) mass is 291 g/mol. The molecule has 2 rings (SSSR count). The van der Waals surface area contributed by atoms with Crippen molar-refractivity contribution in [3.05, 3.63) is 18.7 Å². The van der Waals surface area contributed by atoms with Gasteiger partial charge in [-0.2, -0.15) is 15.0 Å². The highest BCUT2D eigenvalue weighted by atomic mass is 16.3. The van der Waals surface area contributed by atoms with Gasteiger partial charge in [-0.15, -0.1) is 0 Å². The van der Waals surface area contributed by atoms with Crippen LogP contribution in [0.25, 0.3) is 5.95 Å². The first-order chi connectivity index (χ1) is 10.2. The maximum absolute atomic E-state index is 9.07. The van der Waals surface area contributed by atoms with Crippen molar-refractivity contribution in [2.45, 2.75) is 20.3 Å². The Hall–Kier alpha value is -2.22. The van der Waals surface area contributed by atoms with Crippen molar-refractivity contribution in [1.82, 2.24) is 24.5 Å². The Morgan fingerprint density at radius 1 is 1.24 bits per heavy atom. The molecular weight excluding hydrogens is 270 g/mol. The molecule has 0 bridgehead atoms. The Balaban J connectivity index is 2.20. The topological polar surface area (TPSA) is 101 Å². The van der Waals surface area contributed by atoms with E-state index in [1.165, 1.54) is 0 Å². The Labute approximate surface area is 123 Å². The molecule has 0 aromatic carbocycles. The van der Waals surface area contributed by atoms with Crippen molar-refractivity contribution in [2.24, 2.45) is 5.92 Å². The van der Waals surface area contributed by atoms with Crippen LogP contribution in [0.1, 0.15) is 20.3 Å². The van der Waals surface area contributed by atoms with E-state index >= 15 is 0 Å². The Bertz CT molecular complexity index is 543. The molecule has 0 aliphatic heterocycles. The molecule has 0 saturated heterocycles. The SMILES string of the molecule is CCCNc1nc(NCC(C)CO)nc(-n2ccnc2)n1. The van der Waals surface area contributed by atoms with E-state index in [0.29, 0.717) is 24.4 Å². The second kappa shape index (κ2) is 7.53. The lowest BCUT2D eigenvalue weighted by atomic mass is 10.2. The summed E-state index contributed by atoms with van der Waals surface area (Å²) in [6, 6.07) is 0. The Kier molecular flexibility index (Phi) is 5.44. The van der Waals surface area contributed by atoms with Crippen LogP contribution < -0.4 is 10.6 Å². The van der Waals surface area contributed by atoms with E-state index < -0.39 is 0 Å². The minimum atomic E-state index is 0.118. The number of rotatable bonds is 8. The number of hydrogen-bond donors (Lipinski definition) is 3. The summed E-state index contributed by atoms with van der Waals surface area (Å²) in [7, 11) is 0. The Morgan fingerprint density at radius 3 is 2.62 bits per heavy atom. The second-order valence-electron chi connectivity index (χ2n) is 4.85. The van der Waals surface area contributed by atoms with Crippen LogP contribution in [0.3, 0.4) is 0 Å². The van der Waals surface area contributed by atoms with E-state index in [1.807, 2.05) is 6.92 Å². The van der Waals surface area contributed by atoms with Gasteiger partial charge in [-0.05, 0) is 12.3 Å². The number of aliphatic hydroxyl groups is 1. The zero-order chi connectivity index (χ0) is 15.1. The third-order valence-electron chi connectivity index (χ3n) is 2.81. The van der Waals surface area contributed by atoms with Gasteiger partial charge in [-0.3, -0.25) is 4.57 Å². The number of nitrogens with zero attached hydrogens (tertiary/aromatic N) is 5. The molecule has 0 radical (unpaired) electrons. The van der Waals surface area contributed by atoms with Gasteiger partial charge in [-0.25, -0.2) is 4.98 Å². The number of nitrogens with one attached hydrogen (secondary N) is 2. The molecule has 0 spiro atoms.